The minimum Gasteiger partial charge on any atom is -0.496 e. The van der Waals surface area contributed by atoms with Crippen LogP contribution in [0, 0.1) is 0 Å². The lowest BCUT2D eigenvalue weighted by Crippen LogP contribution is -2.40. The number of esters is 1. The lowest BCUT2D eigenvalue weighted by molar-refractivity contribution is -0.140. The van der Waals surface area contributed by atoms with Gasteiger partial charge in [0.25, 0.3) is 5.56 Å². The Hall–Kier alpha value is -3.20. The van der Waals surface area contributed by atoms with Crippen LogP contribution in [0.5, 0.6) is 5.75 Å². The van der Waals surface area contributed by atoms with Crippen LogP contribution < -0.4 is 19.6 Å². The number of fused-ring (bicyclic) bond motifs is 1. The van der Waals surface area contributed by atoms with Crippen molar-refractivity contribution in [3.63, 3.8) is 0 Å². The number of hydrogen-bond acceptors (Lipinski definition) is 7. The summed E-state index contributed by atoms with van der Waals surface area (Å²) in [6.07, 6.45) is 1.74. The highest BCUT2D eigenvalue weighted by atomic mass is 35.5. The molecule has 0 aliphatic carbocycles. The van der Waals surface area contributed by atoms with Crippen LogP contribution in [-0.2, 0) is 14.3 Å². The normalized spacial score (nSPS) is 15.6. The van der Waals surface area contributed by atoms with E-state index < -0.39 is 12.0 Å². The highest BCUT2D eigenvalue weighted by Crippen LogP contribution is 2.35. The van der Waals surface area contributed by atoms with Gasteiger partial charge in [-0.15, -0.1) is 0 Å². The Kier molecular flexibility index (Phi) is 7.31. The zero-order valence-corrected chi connectivity index (χ0v) is 20.5. The summed E-state index contributed by atoms with van der Waals surface area (Å²) in [4.78, 5) is 31.9. The number of para-hydroxylation sites is 1. The summed E-state index contributed by atoms with van der Waals surface area (Å²) in [7, 11) is 3.08. The van der Waals surface area contributed by atoms with Crippen molar-refractivity contribution in [1.29, 1.82) is 0 Å². The van der Waals surface area contributed by atoms with Crippen LogP contribution in [0.1, 0.15) is 24.1 Å². The van der Waals surface area contributed by atoms with Crippen molar-refractivity contribution in [2.24, 2.45) is 4.99 Å². The van der Waals surface area contributed by atoms with Gasteiger partial charge in [-0.1, -0.05) is 59.3 Å². The smallest absolute Gasteiger partial charge is 0.338 e. The van der Waals surface area contributed by atoms with Gasteiger partial charge in [-0.25, -0.2) is 9.79 Å². The highest BCUT2D eigenvalue weighted by Gasteiger charge is 2.35. The number of hydrogen-bond donors (Lipinski definition) is 0. The summed E-state index contributed by atoms with van der Waals surface area (Å²) < 4.78 is 18.0. The van der Waals surface area contributed by atoms with E-state index in [1.165, 1.54) is 23.0 Å². The molecule has 0 bridgehead atoms. The van der Waals surface area contributed by atoms with E-state index in [9.17, 15) is 9.59 Å². The maximum atomic E-state index is 13.7. The van der Waals surface area contributed by atoms with E-state index in [1.54, 1.807) is 32.2 Å². The first-order chi connectivity index (χ1) is 16.5. The maximum absolute atomic E-state index is 13.7. The summed E-state index contributed by atoms with van der Waals surface area (Å²) in [6, 6.07) is 13.8. The molecular weight excluding hydrogens is 476 g/mol. The molecule has 1 aliphatic rings. The largest absolute Gasteiger partial charge is 0.496 e. The first-order valence-electron chi connectivity index (χ1n) is 10.5. The molecule has 1 aliphatic heterocycles. The number of halogens is 1. The number of carbonyl (C=O) groups excluding carboxylic acids is 1. The van der Waals surface area contributed by atoms with E-state index >= 15 is 0 Å². The number of allylic oxidation sites excluding steroid dienone is 1. The van der Waals surface area contributed by atoms with E-state index in [0.717, 1.165) is 5.56 Å². The number of rotatable bonds is 7. The summed E-state index contributed by atoms with van der Waals surface area (Å²) in [5.41, 5.74) is 1.84. The molecule has 3 aromatic rings. The fourth-order valence-electron chi connectivity index (χ4n) is 3.80. The van der Waals surface area contributed by atoms with Gasteiger partial charge in [-0.05, 0) is 30.7 Å². The molecule has 0 radical (unpaired) electrons. The monoisotopic (exact) mass is 498 g/mol. The number of benzene rings is 2. The topological polar surface area (TPSA) is 79.1 Å². The lowest BCUT2D eigenvalue weighted by atomic mass is 9.95. The molecule has 34 heavy (non-hydrogen) atoms. The average Bonchev–Trinajstić information content (AvgIpc) is 3.14. The van der Waals surface area contributed by atoms with Crippen molar-refractivity contribution in [3.05, 3.63) is 95.6 Å². The van der Waals surface area contributed by atoms with Crippen molar-refractivity contribution in [2.75, 3.05) is 27.4 Å². The summed E-state index contributed by atoms with van der Waals surface area (Å²) in [5.74, 6) is -0.0142. The van der Waals surface area contributed by atoms with Gasteiger partial charge in [-0.2, -0.15) is 0 Å². The Bertz CT molecular complexity index is 1440. The van der Waals surface area contributed by atoms with Crippen molar-refractivity contribution in [2.45, 2.75) is 13.0 Å². The van der Waals surface area contributed by atoms with Gasteiger partial charge in [0.2, 0.25) is 0 Å². The van der Waals surface area contributed by atoms with E-state index in [2.05, 4.69) is 4.99 Å². The van der Waals surface area contributed by atoms with Crippen LogP contribution in [0.25, 0.3) is 6.08 Å². The first kappa shape index (κ1) is 23.9. The van der Waals surface area contributed by atoms with Crippen LogP contribution in [-0.4, -0.2) is 38.0 Å². The zero-order chi connectivity index (χ0) is 24.2. The molecule has 7 nitrogen and oxygen atoms in total. The molecule has 0 saturated carbocycles. The molecule has 0 saturated heterocycles. The van der Waals surface area contributed by atoms with Gasteiger partial charge >= 0.3 is 5.97 Å². The van der Waals surface area contributed by atoms with E-state index in [4.69, 9.17) is 25.8 Å². The maximum Gasteiger partial charge on any atom is 0.338 e. The van der Waals surface area contributed by atoms with Crippen molar-refractivity contribution in [1.82, 2.24) is 4.57 Å². The van der Waals surface area contributed by atoms with Crippen LogP contribution in [0.4, 0.5) is 0 Å². The molecule has 0 fully saturated rings. The van der Waals surface area contributed by atoms with Crippen LogP contribution in [0.3, 0.4) is 0 Å². The quantitative estimate of drug-likeness (QED) is 0.369. The van der Waals surface area contributed by atoms with Gasteiger partial charge in [0.05, 0.1) is 29.5 Å². The van der Waals surface area contributed by atoms with Crippen LogP contribution in [0.15, 0.2) is 69.6 Å². The Balaban J connectivity index is 1.94. The van der Waals surface area contributed by atoms with E-state index in [1.807, 2.05) is 36.4 Å². The number of carbonyl (C=O) groups is 1. The summed E-state index contributed by atoms with van der Waals surface area (Å²) in [6.45, 7) is 2.08. The summed E-state index contributed by atoms with van der Waals surface area (Å²) in [5, 5.41) is 0.535. The number of thiazole rings is 1. The predicted molar refractivity (Wildman–Crippen MR) is 131 cm³/mol. The minimum absolute atomic E-state index is 0.0850. The Labute approximate surface area is 205 Å². The predicted octanol–water partition coefficient (Wildman–Crippen LogP) is 3.09. The highest BCUT2D eigenvalue weighted by molar-refractivity contribution is 7.07. The number of ether oxygens (including phenoxy) is 3. The van der Waals surface area contributed by atoms with Gasteiger partial charge in [0.15, 0.2) is 4.80 Å². The average molecular weight is 499 g/mol. The molecule has 0 unspecified atom stereocenters. The van der Waals surface area contributed by atoms with Crippen LogP contribution >= 0.6 is 22.9 Å². The fourth-order valence-corrected chi connectivity index (χ4v) is 5.03. The standard InChI is InChI=1S/C25H23ClN2O5S/c1-15-21(24(30)33-13-12-31-2)22(17-9-5-7-11-19(17)32-3)28-23(29)20(34-25(28)27-15)14-16-8-4-6-10-18(16)26/h4-11,14,22H,12-13H2,1-3H3/b20-14+/t22-/m0/s1. The molecule has 2 aromatic carbocycles. The van der Waals surface area contributed by atoms with Gasteiger partial charge in [0.1, 0.15) is 18.4 Å². The molecule has 0 N–H and O–H groups in total. The lowest BCUT2D eigenvalue weighted by Gasteiger charge is -2.26. The molecule has 176 valence electrons. The van der Waals surface area contributed by atoms with Gasteiger partial charge in [-0.3, -0.25) is 9.36 Å². The fraction of sp³-hybridized carbons (Fsp3) is 0.240. The van der Waals surface area contributed by atoms with Crippen molar-refractivity contribution in [3.8, 4) is 5.75 Å². The second-order valence-electron chi connectivity index (χ2n) is 7.47. The second kappa shape index (κ2) is 10.4. The Morgan fingerprint density at radius 1 is 1.15 bits per heavy atom. The molecule has 1 aromatic heterocycles. The molecule has 0 spiro atoms. The molecule has 4 rings (SSSR count). The minimum atomic E-state index is -0.768. The van der Waals surface area contributed by atoms with E-state index in [0.29, 0.717) is 31.4 Å². The van der Waals surface area contributed by atoms with E-state index in [-0.39, 0.29) is 24.3 Å². The van der Waals surface area contributed by atoms with Crippen molar-refractivity contribution >= 4 is 35.0 Å². The third kappa shape index (κ3) is 4.57. The van der Waals surface area contributed by atoms with Gasteiger partial charge in [0, 0.05) is 17.7 Å². The first-order valence-corrected chi connectivity index (χ1v) is 11.7. The van der Waals surface area contributed by atoms with Gasteiger partial charge < -0.3 is 14.2 Å². The SMILES string of the molecule is COCCOC(=O)C1=C(C)N=c2s/c(=C/c3ccccc3Cl)c(=O)n2[C@H]1c1ccccc1OC. The van der Waals surface area contributed by atoms with Crippen molar-refractivity contribution < 1.29 is 19.0 Å². The Morgan fingerprint density at radius 2 is 1.88 bits per heavy atom. The number of nitrogens with zero attached hydrogens (tertiary/aromatic N) is 2. The second-order valence-corrected chi connectivity index (χ2v) is 8.89. The number of aromatic nitrogens is 1. The zero-order valence-electron chi connectivity index (χ0n) is 18.9. The molecular formula is C25H23ClN2O5S. The summed E-state index contributed by atoms with van der Waals surface area (Å²) >= 11 is 7.55. The third-order valence-electron chi connectivity index (χ3n) is 5.39. The Morgan fingerprint density at radius 3 is 2.62 bits per heavy atom. The molecule has 2 heterocycles. The molecule has 9 heteroatoms. The third-order valence-corrected chi connectivity index (χ3v) is 6.71. The number of methoxy groups -OCH3 is 2. The van der Waals surface area contributed by atoms with Crippen LogP contribution in [0.2, 0.25) is 5.02 Å². The molecule has 0 amide bonds. The molecule has 1 atom stereocenters.